The fraction of sp³-hybridized carbons (Fsp3) is 0.462. The molecule has 2 aromatic rings. The van der Waals surface area contributed by atoms with E-state index in [2.05, 4.69) is 38.4 Å². The first kappa shape index (κ1) is 14.8. The maximum atomic E-state index is 12.1. The van der Waals surface area contributed by atoms with E-state index in [1.807, 2.05) is 17.8 Å². The summed E-state index contributed by atoms with van der Waals surface area (Å²) in [5.74, 6) is 0. The van der Waals surface area contributed by atoms with Crippen LogP contribution in [0.2, 0.25) is 0 Å². The highest BCUT2D eigenvalue weighted by Crippen LogP contribution is 2.21. The summed E-state index contributed by atoms with van der Waals surface area (Å²) in [4.78, 5) is 12.1. The Kier molecular flexibility index (Phi) is 4.94. The quantitative estimate of drug-likeness (QED) is 0.878. The Morgan fingerprint density at radius 3 is 2.75 bits per heavy atom. The summed E-state index contributed by atoms with van der Waals surface area (Å²) in [7, 11) is 0. The molecule has 108 valence electrons. The average Bonchev–Trinajstić information content (AvgIpc) is 2.91. The van der Waals surface area contributed by atoms with E-state index in [1.165, 1.54) is 4.68 Å². The molecule has 0 spiro atoms. The van der Waals surface area contributed by atoms with Crippen LogP contribution in [-0.2, 0) is 13.1 Å². The smallest absolute Gasteiger partial charge is 0.283 e. The molecule has 0 aromatic carbocycles. The minimum absolute atomic E-state index is 0.119. The molecule has 0 saturated heterocycles. The van der Waals surface area contributed by atoms with Crippen LogP contribution >= 0.6 is 15.9 Å². The van der Waals surface area contributed by atoms with E-state index in [9.17, 15) is 4.79 Å². The van der Waals surface area contributed by atoms with Gasteiger partial charge < -0.3 is 5.32 Å². The summed E-state index contributed by atoms with van der Waals surface area (Å²) in [5, 5.41) is 11.5. The highest BCUT2D eigenvalue weighted by molar-refractivity contribution is 9.10. The number of hydrogen-bond acceptors (Lipinski definition) is 4. The van der Waals surface area contributed by atoms with Gasteiger partial charge in [0.1, 0.15) is 4.47 Å². The van der Waals surface area contributed by atoms with Crippen LogP contribution in [0.3, 0.4) is 0 Å². The molecule has 0 bridgehead atoms. The average molecular weight is 340 g/mol. The molecule has 0 unspecified atom stereocenters. The van der Waals surface area contributed by atoms with E-state index in [1.54, 1.807) is 12.4 Å². The van der Waals surface area contributed by atoms with Gasteiger partial charge in [0.15, 0.2) is 0 Å². The monoisotopic (exact) mass is 339 g/mol. The molecule has 0 aliphatic carbocycles. The van der Waals surface area contributed by atoms with Crippen molar-refractivity contribution in [3.63, 3.8) is 0 Å². The zero-order chi connectivity index (χ0) is 14.5. The molecule has 2 heterocycles. The van der Waals surface area contributed by atoms with Crippen LogP contribution in [0.1, 0.15) is 26.7 Å². The number of aromatic nitrogens is 4. The molecule has 7 heteroatoms. The molecule has 1 N–H and O–H groups in total. The molecule has 0 atom stereocenters. The first-order chi connectivity index (χ1) is 9.65. The van der Waals surface area contributed by atoms with E-state index in [0.29, 0.717) is 16.7 Å². The van der Waals surface area contributed by atoms with Gasteiger partial charge in [0.2, 0.25) is 0 Å². The third-order valence-corrected chi connectivity index (χ3v) is 3.71. The van der Waals surface area contributed by atoms with Crippen molar-refractivity contribution >= 4 is 27.3 Å². The SMILES string of the molecule is CCCCn1ncc(Nc2cnn(CC)c2)c(Br)c1=O. The van der Waals surface area contributed by atoms with E-state index in [4.69, 9.17) is 0 Å². The second kappa shape index (κ2) is 6.69. The van der Waals surface area contributed by atoms with Crippen molar-refractivity contribution in [3.8, 4) is 0 Å². The van der Waals surface area contributed by atoms with Crippen molar-refractivity contribution < 1.29 is 0 Å². The van der Waals surface area contributed by atoms with Gasteiger partial charge >= 0.3 is 0 Å². The maximum absolute atomic E-state index is 12.1. The van der Waals surface area contributed by atoms with Gasteiger partial charge in [-0.1, -0.05) is 13.3 Å². The molecular formula is C13H18BrN5O. The van der Waals surface area contributed by atoms with Gasteiger partial charge in [0, 0.05) is 19.3 Å². The van der Waals surface area contributed by atoms with Crippen LogP contribution in [0.4, 0.5) is 11.4 Å². The van der Waals surface area contributed by atoms with Crippen LogP contribution in [0, 0.1) is 0 Å². The van der Waals surface area contributed by atoms with Gasteiger partial charge in [-0.3, -0.25) is 9.48 Å². The Bertz CT molecular complexity index is 634. The first-order valence-corrected chi connectivity index (χ1v) is 7.50. The summed E-state index contributed by atoms with van der Waals surface area (Å²) < 4.78 is 3.79. The largest absolute Gasteiger partial charge is 0.351 e. The molecule has 0 amide bonds. The number of halogens is 1. The van der Waals surface area contributed by atoms with Crippen molar-refractivity contribution in [2.75, 3.05) is 5.32 Å². The Labute approximate surface area is 125 Å². The van der Waals surface area contributed by atoms with E-state index >= 15 is 0 Å². The van der Waals surface area contributed by atoms with Crippen molar-refractivity contribution in [1.29, 1.82) is 0 Å². The van der Waals surface area contributed by atoms with E-state index in [0.717, 1.165) is 25.1 Å². The molecule has 20 heavy (non-hydrogen) atoms. The number of unbranched alkanes of at least 4 members (excludes halogenated alkanes) is 1. The summed E-state index contributed by atoms with van der Waals surface area (Å²) in [6.45, 7) is 5.55. The molecule has 2 aromatic heterocycles. The lowest BCUT2D eigenvalue weighted by Gasteiger charge is -2.08. The topological polar surface area (TPSA) is 64.7 Å². The summed E-state index contributed by atoms with van der Waals surface area (Å²) >= 11 is 3.34. The molecule has 0 fully saturated rings. The van der Waals surface area contributed by atoms with Crippen molar-refractivity contribution in [2.45, 2.75) is 39.8 Å². The Hall–Kier alpha value is -1.63. The fourth-order valence-corrected chi connectivity index (χ4v) is 2.18. The molecular weight excluding hydrogens is 322 g/mol. The lowest BCUT2D eigenvalue weighted by atomic mass is 10.3. The predicted octanol–water partition coefficient (Wildman–Crippen LogP) is 2.77. The van der Waals surface area contributed by atoms with Crippen LogP contribution in [-0.4, -0.2) is 19.6 Å². The predicted molar refractivity (Wildman–Crippen MR) is 82.3 cm³/mol. The highest BCUT2D eigenvalue weighted by Gasteiger charge is 2.09. The lowest BCUT2D eigenvalue weighted by molar-refractivity contribution is 0.541. The van der Waals surface area contributed by atoms with E-state index < -0.39 is 0 Å². The van der Waals surface area contributed by atoms with Gasteiger partial charge in [-0.25, -0.2) is 4.68 Å². The van der Waals surface area contributed by atoms with E-state index in [-0.39, 0.29) is 5.56 Å². The number of hydrogen-bond donors (Lipinski definition) is 1. The minimum Gasteiger partial charge on any atom is -0.351 e. The Balaban J connectivity index is 2.20. The minimum atomic E-state index is -0.119. The van der Waals surface area contributed by atoms with Gasteiger partial charge in [0.05, 0.1) is 23.8 Å². The molecule has 0 radical (unpaired) electrons. The highest BCUT2D eigenvalue weighted by atomic mass is 79.9. The summed E-state index contributed by atoms with van der Waals surface area (Å²) in [5.41, 5.74) is 1.37. The van der Waals surface area contributed by atoms with Crippen LogP contribution in [0.5, 0.6) is 0 Å². The van der Waals surface area contributed by atoms with Crippen molar-refractivity contribution in [2.24, 2.45) is 0 Å². The third kappa shape index (κ3) is 3.27. The number of anilines is 2. The second-order valence-corrected chi connectivity index (χ2v) is 5.26. The number of nitrogens with zero attached hydrogens (tertiary/aromatic N) is 4. The van der Waals surface area contributed by atoms with Gasteiger partial charge in [0.25, 0.3) is 5.56 Å². The summed E-state index contributed by atoms with van der Waals surface area (Å²) in [6.07, 6.45) is 7.23. The molecule has 0 saturated carbocycles. The van der Waals surface area contributed by atoms with Crippen LogP contribution < -0.4 is 10.9 Å². The third-order valence-electron chi connectivity index (χ3n) is 2.94. The Morgan fingerprint density at radius 2 is 2.10 bits per heavy atom. The second-order valence-electron chi connectivity index (χ2n) is 4.46. The molecule has 6 nitrogen and oxygen atoms in total. The normalized spacial score (nSPS) is 10.8. The first-order valence-electron chi connectivity index (χ1n) is 6.70. The Morgan fingerprint density at radius 1 is 1.30 bits per heavy atom. The van der Waals surface area contributed by atoms with Crippen LogP contribution in [0.15, 0.2) is 27.9 Å². The van der Waals surface area contributed by atoms with Gasteiger partial charge in [-0.05, 0) is 29.3 Å². The zero-order valence-corrected chi connectivity index (χ0v) is 13.2. The zero-order valence-electron chi connectivity index (χ0n) is 11.6. The van der Waals surface area contributed by atoms with Crippen LogP contribution in [0.25, 0.3) is 0 Å². The molecule has 2 rings (SSSR count). The molecule has 0 aliphatic heterocycles. The maximum Gasteiger partial charge on any atom is 0.283 e. The molecule has 0 aliphatic rings. The van der Waals surface area contributed by atoms with Crippen molar-refractivity contribution in [1.82, 2.24) is 19.6 Å². The van der Waals surface area contributed by atoms with Gasteiger partial charge in [-0.15, -0.1) is 0 Å². The lowest BCUT2D eigenvalue weighted by Crippen LogP contribution is -2.24. The number of aryl methyl sites for hydroxylation is 2. The number of nitrogens with one attached hydrogen (secondary N) is 1. The fourth-order valence-electron chi connectivity index (χ4n) is 1.78. The number of rotatable bonds is 6. The van der Waals surface area contributed by atoms with Gasteiger partial charge in [-0.2, -0.15) is 10.2 Å². The van der Waals surface area contributed by atoms with Crippen molar-refractivity contribution in [3.05, 3.63) is 33.4 Å². The summed E-state index contributed by atoms with van der Waals surface area (Å²) in [6, 6.07) is 0. The standard InChI is InChI=1S/C13H18BrN5O/c1-3-5-6-19-13(20)12(14)11(8-16-19)17-10-7-15-18(4-2)9-10/h7-9,17H,3-6H2,1-2H3.